The molecule has 0 spiro atoms. The normalized spacial score (nSPS) is 11.4. The van der Waals surface area contributed by atoms with Gasteiger partial charge < -0.3 is 14.8 Å². The minimum Gasteiger partial charge on any atom is -0.342 e. The maximum Gasteiger partial charge on any atom is 0.0705 e. The van der Waals surface area contributed by atoms with Crippen molar-refractivity contribution in [1.29, 1.82) is 0 Å². The number of likely N-dealkylation sites (N-methyl/N-ethyl adjacent to an activating group) is 1. The van der Waals surface area contributed by atoms with Crippen LogP contribution < -0.4 is 5.32 Å². The third kappa shape index (κ3) is 3.97. The Morgan fingerprint density at radius 1 is 1.12 bits per heavy atom. The van der Waals surface area contributed by atoms with Crippen LogP contribution >= 0.6 is 12.4 Å². The molecule has 2 heterocycles. The number of aryl methyl sites for hydroxylation is 2. The first-order valence-electron chi connectivity index (χ1n) is 8.92. The van der Waals surface area contributed by atoms with Crippen molar-refractivity contribution in [3.8, 4) is 0 Å². The second-order valence-electron chi connectivity index (χ2n) is 6.37. The number of aromatic nitrogens is 2. The number of halogens is 1. The molecular weight excluding hydrogens is 332 g/mol. The summed E-state index contributed by atoms with van der Waals surface area (Å²) in [4.78, 5) is 7.25. The van der Waals surface area contributed by atoms with Gasteiger partial charge in [-0.3, -0.25) is 4.98 Å². The van der Waals surface area contributed by atoms with E-state index in [0.29, 0.717) is 0 Å². The van der Waals surface area contributed by atoms with Gasteiger partial charge in [-0.05, 0) is 32.1 Å². The Kier molecular flexibility index (Phi) is 6.82. The zero-order valence-electron chi connectivity index (χ0n) is 15.7. The van der Waals surface area contributed by atoms with Crippen molar-refractivity contribution in [3.05, 3.63) is 41.7 Å². The highest BCUT2D eigenvalue weighted by Crippen LogP contribution is 2.29. The Bertz CT molecular complexity index is 836. The third-order valence-corrected chi connectivity index (χ3v) is 4.92. The average molecular weight is 361 g/mol. The SMILES string of the molecule is CCN(CC)CCNCc1cc2c3ccccc3n(C)c2c(C)n1.Cl. The Morgan fingerprint density at radius 3 is 2.56 bits per heavy atom. The second-order valence-corrected chi connectivity index (χ2v) is 6.37. The Morgan fingerprint density at radius 2 is 1.84 bits per heavy atom. The number of benzene rings is 1. The highest BCUT2D eigenvalue weighted by atomic mass is 35.5. The molecule has 3 aromatic rings. The summed E-state index contributed by atoms with van der Waals surface area (Å²) in [7, 11) is 2.13. The van der Waals surface area contributed by atoms with E-state index in [2.05, 4.69) is 72.9 Å². The molecule has 0 aliphatic carbocycles. The molecule has 1 N–H and O–H groups in total. The fourth-order valence-electron chi connectivity index (χ4n) is 3.56. The molecule has 5 heteroatoms. The minimum absolute atomic E-state index is 0. The van der Waals surface area contributed by atoms with E-state index in [1.54, 1.807) is 0 Å². The number of hydrogen-bond acceptors (Lipinski definition) is 3. The van der Waals surface area contributed by atoms with Crippen molar-refractivity contribution in [2.45, 2.75) is 27.3 Å². The molecule has 136 valence electrons. The van der Waals surface area contributed by atoms with Crippen LogP contribution in [0.25, 0.3) is 21.8 Å². The van der Waals surface area contributed by atoms with Gasteiger partial charge in [-0.25, -0.2) is 0 Å². The Hall–Kier alpha value is -1.62. The van der Waals surface area contributed by atoms with Crippen molar-refractivity contribution in [1.82, 2.24) is 19.8 Å². The first-order chi connectivity index (χ1) is 11.7. The van der Waals surface area contributed by atoms with Crippen molar-refractivity contribution in [2.75, 3.05) is 26.2 Å². The van der Waals surface area contributed by atoms with E-state index in [4.69, 9.17) is 4.98 Å². The summed E-state index contributed by atoms with van der Waals surface area (Å²) in [6.07, 6.45) is 0. The predicted molar refractivity (Wildman–Crippen MR) is 110 cm³/mol. The van der Waals surface area contributed by atoms with E-state index in [1.807, 2.05) is 0 Å². The van der Waals surface area contributed by atoms with E-state index < -0.39 is 0 Å². The number of fused-ring (bicyclic) bond motifs is 3. The highest BCUT2D eigenvalue weighted by Gasteiger charge is 2.12. The summed E-state index contributed by atoms with van der Waals surface area (Å²) in [5.74, 6) is 0. The van der Waals surface area contributed by atoms with Gasteiger partial charge in [-0.15, -0.1) is 12.4 Å². The molecule has 0 amide bonds. The summed E-state index contributed by atoms with van der Waals surface area (Å²) in [6, 6.07) is 10.8. The quantitative estimate of drug-likeness (QED) is 0.649. The van der Waals surface area contributed by atoms with Crippen molar-refractivity contribution < 1.29 is 0 Å². The number of hydrogen-bond donors (Lipinski definition) is 1. The van der Waals surface area contributed by atoms with Crippen molar-refractivity contribution in [2.24, 2.45) is 7.05 Å². The van der Waals surface area contributed by atoms with Gasteiger partial charge in [0, 0.05) is 43.0 Å². The van der Waals surface area contributed by atoms with Crippen LogP contribution in [0.2, 0.25) is 0 Å². The molecule has 0 atom stereocenters. The molecule has 3 rings (SSSR count). The molecule has 0 saturated heterocycles. The lowest BCUT2D eigenvalue weighted by Crippen LogP contribution is -2.31. The van der Waals surface area contributed by atoms with Crippen LogP contribution in [0.5, 0.6) is 0 Å². The molecule has 0 bridgehead atoms. The molecule has 0 aliphatic rings. The van der Waals surface area contributed by atoms with E-state index in [1.165, 1.54) is 21.8 Å². The molecule has 1 aromatic carbocycles. The van der Waals surface area contributed by atoms with Crippen LogP contribution in [0.3, 0.4) is 0 Å². The van der Waals surface area contributed by atoms with Gasteiger partial charge in [0.2, 0.25) is 0 Å². The number of pyridine rings is 1. The van der Waals surface area contributed by atoms with Gasteiger partial charge in [-0.2, -0.15) is 0 Å². The topological polar surface area (TPSA) is 33.1 Å². The van der Waals surface area contributed by atoms with Gasteiger partial charge in [0.05, 0.1) is 16.9 Å². The fourth-order valence-corrected chi connectivity index (χ4v) is 3.56. The van der Waals surface area contributed by atoms with E-state index in [9.17, 15) is 0 Å². The molecule has 0 aliphatic heterocycles. The summed E-state index contributed by atoms with van der Waals surface area (Å²) in [5, 5.41) is 6.15. The maximum absolute atomic E-state index is 4.82. The minimum atomic E-state index is 0. The smallest absolute Gasteiger partial charge is 0.0705 e. The van der Waals surface area contributed by atoms with E-state index in [-0.39, 0.29) is 12.4 Å². The molecule has 25 heavy (non-hydrogen) atoms. The first kappa shape index (κ1) is 19.7. The Labute approximate surface area is 156 Å². The maximum atomic E-state index is 4.82. The van der Waals surface area contributed by atoms with E-state index in [0.717, 1.165) is 44.1 Å². The van der Waals surface area contributed by atoms with Crippen LogP contribution in [0.4, 0.5) is 0 Å². The largest absolute Gasteiger partial charge is 0.342 e. The van der Waals surface area contributed by atoms with Gasteiger partial charge in [0.25, 0.3) is 0 Å². The van der Waals surface area contributed by atoms with Crippen LogP contribution in [-0.2, 0) is 13.6 Å². The molecule has 4 nitrogen and oxygen atoms in total. The third-order valence-electron chi connectivity index (χ3n) is 4.92. The lowest BCUT2D eigenvalue weighted by molar-refractivity contribution is 0.302. The van der Waals surface area contributed by atoms with Crippen LogP contribution in [0.15, 0.2) is 30.3 Å². The monoisotopic (exact) mass is 360 g/mol. The molecule has 2 aromatic heterocycles. The first-order valence-corrected chi connectivity index (χ1v) is 8.92. The summed E-state index contributed by atoms with van der Waals surface area (Å²) >= 11 is 0. The average Bonchev–Trinajstić information content (AvgIpc) is 2.89. The number of rotatable bonds is 7. The molecular formula is C20H29ClN4. The molecule has 0 unspecified atom stereocenters. The van der Waals surface area contributed by atoms with Gasteiger partial charge in [-0.1, -0.05) is 32.0 Å². The molecule has 0 radical (unpaired) electrons. The molecule has 0 saturated carbocycles. The van der Waals surface area contributed by atoms with Crippen LogP contribution in [-0.4, -0.2) is 40.6 Å². The van der Waals surface area contributed by atoms with Crippen LogP contribution in [0, 0.1) is 6.92 Å². The fraction of sp³-hybridized carbons (Fsp3) is 0.450. The van der Waals surface area contributed by atoms with Gasteiger partial charge in [0.1, 0.15) is 0 Å². The zero-order chi connectivity index (χ0) is 17.1. The number of para-hydroxylation sites is 1. The van der Waals surface area contributed by atoms with Crippen LogP contribution in [0.1, 0.15) is 25.2 Å². The summed E-state index contributed by atoms with van der Waals surface area (Å²) < 4.78 is 2.25. The van der Waals surface area contributed by atoms with Crippen molar-refractivity contribution >= 4 is 34.2 Å². The standard InChI is InChI=1S/C20H28N4.ClH/c1-5-24(6-2)12-11-21-14-16-13-18-17-9-7-8-10-19(17)23(4)20(18)15(3)22-16;/h7-10,13,21H,5-6,11-12,14H2,1-4H3;1H. The lowest BCUT2D eigenvalue weighted by Gasteiger charge is -2.18. The van der Waals surface area contributed by atoms with Crippen molar-refractivity contribution in [3.63, 3.8) is 0 Å². The van der Waals surface area contributed by atoms with Gasteiger partial charge in [0.15, 0.2) is 0 Å². The van der Waals surface area contributed by atoms with Gasteiger partial charge >= 0.3 is 0 Å². The number of nitrogens with zero attached hydrogens (tertiary/aromatic N) is 3. The molecule has 0 fully saturated rings. The number of nitrogens with one attached hydrogen (secondary N) is 1. The highest BCUT2D eigenvalue weighted by molar-refractivity contribution is 6.08. The second kappa shape index (κ2) is 8.65. The predicted octanol–water partition coefficient (Wildman–Crippen LogP) is 3.89. The Balaban J connectivity index is 0.00000225. The zero-order valence-corrected chi connectivity index (χ0v) is 16.5. The summed E-state index contributed by atoms with van der Waals surface area (Å²) in [5.41, 5.74) is 4.73. The lowest BCUT2D eigenvalue weighted by atomic mass is 10.1. The van der Waals surface area contributed by atoms with E-state index >= 15 is 0 Å². The summed E-state index contributed by atoms with van der Waals surface area (Å²) in [6.45, 7) is 11.7.